The number of nitrogens with zero attached hydrogens (tertiary/aromatic N) is 3. The molecule has 4 rings (SSSR count). The first kappa shape index (κ1) is 19.1. The third-order valence-electron chi connectivity index (χ3n) is 5.37. The number of hydrogen-bond donors (Lipinski definition) is 0. The summed E-state index contributed by atoms with van der Waals surface area (Å²) in [5.74, 6) is 0.794. The smallest absolute Gasteiger partial charge is 0.214 e. The SMILES string of the molecule is CC(C)(C)c1nc2cc(S(=O)(=O)c3ccnc(F)c3)ccc2n1CC1CCC1. The lowest BCUT2D eigenvalue weighted by atomic mass is 9.85. The lowest BCUT2D eigenvalue weighted by Gasteiger charge is -2.29. The van der Waals surface area contributed by atoms with Crippen LogP contribution in [0.5, 0.6) is 0 Å². The predicted molar refractivity (Wildman–Crippen MR) is 105 cm³/mol. The van der Waals surface area contributed by atoms with Crippen molar-refractivity contribution < 1.29 is 12.8 Å². The molecule has 1 aliphatic rings. The molecular weight excluding hydrogens is 377 g/mol. The van der Waals surface area contributed by atoms with Crippen molar-refractivity contribution in [3.63, 3.8) is 0 Å². The maximum atomic E-state index is 13.4. The van der Waals surface area contributed by atoms with Crippen molar-refractivity contribution in [1.82, 2.24) is 14.5 Å². The van der Waals surface area contributed by atoms with Gasteiger partial charge in [0.15, 0.2) is 0 Å². The topological polar surface area (TPSA) is 64.8 Å². The van der Waals surface area contributed by atoms with Crippen molar-refractivity contribution in [2.75, 3.05) is 0 Å². The average molecular weight is 402 g/mol. The van der Waals surface area contributed by atoms with Crippen molar-refractivity contribution >= 4 is 20.9 Å². The summed E-state index contributed by atoms with van der Waals surface area (Å²) in [5.41, 5.74) is 1.44. The van der Waals surface area contributed by atoms with Gasteiger partial charge in [-0.1, -0.05) is 27.2 Å². The average Bonchev–Trinajstić information content (AvgIpc) is 2.96. The van der Waals surface area contributed by atoms with Gasteiger partial charge in [0.05, 0.1) is 20.8 Å². The predicted octanol–water partition coefficient (Wildman–Crippen LogP) is 4.50. The molecule has 2 heterocycles. The number of imidazole rings is 1. The van der Waals surface area contributed by atoms with Crippen LogP contribution in [0.25, 0.3) is 11.0 Å². The van der Waals surface area contributed by atoms with E-state index in [0.29, 0.717) is 11.4 Å². The van der Waals surface area contributed by atoms with Crippen LogP contribution in [0.3, 0.4) is 0 Å². The summed E-state index contributed by atoms with van der Waals surface area (Å²) < 4.78 is 41.5. The third kappa shape index (κ3) is 3.32. The minimum absolute atomic E-state index is 0.107. The van der Waals surface area contributed by atoms with Gasteiger partial charge in [-0.2, -0.15) is 4.39 Å². The molecule has 28 heavy (non-hydrogen) atoms. The van der Waals surface area contributed by atoms with E-state index < -0.39 is 15.8 Å². The van der Waals surface area contributed by atoms with E-state index in [4.69, 9.17) is 4.98 Å². The van der Waals surface area contributed by atoms with Crippen molar-refractivity contribution in [2.45, 2.75) is 61.8 Å². The Morgan fingerprint density at radius 3 is 2.46 bits per heavy atom. The molecule has 3 aromatic rings. The highest BCUT2D eigenvalue weighted by atomic mass is 32.2. The monoisotopic (exact) mass is 401 g/mol. The molecule has 5 nitrogen and oxygen atoms in total. The molecule has 0 aliphatic heterocycles. The molecule has 148 valence electrons. The summed E-state index contributed by atoms with van der Waals surface area (Å²) in [6, 6.07) is 7.24. The molecule has 0 atom stereocenters. The van der Waals surface area contributed by atoms with E-state index in [0.717, 1.165) is 30.1 Å². The first-order chi connectivity index (χ1) is 13.2. The van der Waals surface area contributed by atoms with Gasteiger partial charge in [0.25, 0.3) is 0 Å². The summed E-state index contributed by atoms with van der Waals surface area (Å²) in [5, 5.41) is 0. The van der Waals surface area contributed by atoms with Crippen LogP contribution in [-0.4, -0.2) is 23.0 Å². The van der Waals surface area contributed by atoms with Gasteiger partial charge in [0, 0.05) is 24.2 Å². The Morgan fingerprint density at radius 1 is 1.14 bits per heavy atom. The molecule has 1 fully saturated rings. The van der Waals surface area contributed by atoms with Crippen LogP contribution in [0.1, 0.15) is 45.9 Å². The zero-order valence-electron chi connectivity index (χ0n) is 16.3. The van der Waals surface area contributed by atoms with Gasteiger partial charge in [-0.3, -0.25) is 0 Å². The summed E-state index contributed by atoms with van der Waals surface area (Å²) in [4.78, 5) is 8.23. The fourth-order valence-electron chi connectivity index (χ4n) is 3.66. The molecule has 0 radical (unpaired) electrons. The van der Waals surface area contributed by atoms with E-state index in [1.54, 1.807) is 12.1 Å². The third-order valence-corrected chi connectivity index (χ3v) is 7.12. The van der Waals surface area contributed by atoms with Crippen LogP contribution < -0.4 is 0 Å². The van der Waals surface area contributed by atoms with Gasteiger partial charge in [0.1, 0.15) is 5.82 Å². The van der Waals surface area contributed by atoms with E-state index in [9.17, 15) is 12.8 Å². The number of pyridine rings is 1. The van der Waals surface area contributed by atoms with Gasteiger partial charge in [0.2, 0.25) is 15.8 Å². The number of fused-ring (bicyclic) bond motifs is 1. The normalized spacial score (nSPS) is 15.7. The van der Waals surface area contributed by atoms with Crippen molar-refractivity contribution in [1.29, 1.82) is 0 Å². The number of halogens is 1. The summed E-state index contributed by atoms with van der Waals surface area (Å²) in [6.45, 7) is 7.25. The molecule has 0 bridgehead atoms. The standard InChI is InChI=1S/C21H24FN3O2S/c1-21(2,3)20-24-17-11-15(28(26,27)16-9-10-23-19(22)12-16)7-8-18(17)25(20)13-14-5-4-6-14/h7-12,14H,4-6,13H2,1-3H3. The fraction of sp³-hybridized carbons (Fsp3) is 0.429. The van der Waals surface area contributed by atoms with Gasteiger partial charge >= 0.3 is 0 Å². The van der Waals surface area contributed by atoms with Gasteiger partial charge in [-0.25, -0.2) is 18.4 Å². The Bertz CT molecular complexity index is 1140. The Hall–Kier alpha value is -2.28. The van der Waals surface area contributed by atoms with E-state index in [-0.39, 0.29) is 15.2 Å². The van der Waals surface area contributed by atoms with E-state index in [2.05, 4.69) is 30.3 Å². The van der Waals surface area contributed by atoms with Crippen molar-refractivity contribution in [2.24, 2.45) is 5.92 Å². The molecule has 7 heteroatoms. The molecule has 0 saturated heterocycles. The van der Waals surface area contributed by atoms with Gasteiger partial charge < -0.3 is 4.57 Å². The summed E-state index contributed by atoms with van der Waals surface area (Å²) >= 11 is 0. The van der Waals surface area contributed by atoms with E-state index in [1.165, 1.54) is 25.3 Å². The van der Waals surface area contributed by atoms with E-state index in [1.807, 2.05) is 6.07 Å². The zero-order chi connectivity index (χ0) is 20.1. The van der Waals surface area contributed by atoms with Crippen LogP contribution in [-0.2, 0) is 21.8 Å². The molecule has 0 spiro atoms. The Kier molecular flexibility index (Phi) is 4.53. The lowest BCUT2D eigenvalue weighted by molar-refractivity contribution is 0.272. The fourth-order valence-corrected chi connectivity index (χ4v) is 4.93. The molecule has 0 N–H and O–H groups in total. The Balaban J connectivity index is 1.83. The summed E-state index contributed by atoms with van der Waals surface area (Å²) in [7, 11) is -3.84. The van der Waals surface area contributed by atoms with Gasteiger partial charge in [-0.05, 0) is 43.0 Å². The van der Waals surface area contributed by atoms with Crippen LogP contribution in [0.2, 0.25) is 0 Å². The Labute approximate surface area is 164 Å². The maximum absolute atomic E-state index is 13.4. The number of aromatic nitrogens is 3. The zero-order valence-corrected chi connectivity index (χ0v) is 17.1. The van der Waals surface area contributed by atoms with Crippen molar-refractivity contribution in [3.05, 3.63) is 48.3 Å². The number of sulfone groups is 1. The highest BCUT2D eigenvalue weighted by Crippen LogP contribution is 2.34. The lowest BCUT2D eigenvalue weighted by Crippen LogP contribution is -2.24. The second-order valence-electron chi connectivity index (χ2n) is 8.56. The molecule has 2 aromatic heterocycles. The molecule has 0 amide bonds. The molecular formula is C21H24FN3O2S. The summed E-state index contributed by atoms with van der Waals surface area (Å²) in [6.07, 6.45) is 4.88. The van der Waals surface area contributed by atoms with Crippen LogP contribution in [0, 0.1) is 11.9 Å². The molecule has 1 saturated carbocycles. The van der Waals surface area contributed by atoms with Crippen LogP contribution >= 0.6 is 0 Å². The highest BCUT2D eigenvalue weighted by molar-refractivity contribution is 7.91. The Morgan fingerprint density at radius 2 is 1.86 bits per heavy atom. The molecule has 1 aliphatic carbocycles. The largest absolute Gasteiger partial charge is 0.327 e. The maximum Gasteiger partial charge on any atom is 0.214 e. The highest BCUT2D eigenvalue weighted by Gasteiger charge is 2.27. The minimum Gasteiger partial charge on any atom is -0.327 e. The number of rotatable bonds is 4. The molecule has 0 unspecified atom stereocenters. The van der Waals surface area contributed by atoms with Crippen LogP contribution in [0.4, 0.5) is 4.39 Å². The second kappa shape index (κ2) is 6.65. The quantitative estimate of drug-likeness (QED) is 0.604. The van der Waals surface area contributed by atoms with Crippen LogP contribution in [0.15, 0.2) is 46.3 Å². The molecule has 1 aromatic carbocycles. The minimum atomic E-state index is -3.84. The number of benzene rings is 1. The first-order valence-electron chi connectivity index (χ1n) is 9.54. The second-order valence-corrected chi connectivity index (χ2v) is 10.5. The van der Waals surface area contributed by atoms with Crippen molar-refractivity contribution in [3.8, 4) is 0 Å². The van der Waals surface area contributed by atoms with Gasteiger partial charge in [-0.15, -0.1) is 0 Å². The first-order valence-corrected chi connectivity index (χ1v) is 11.0. The number of hydrogen-bond acceptors (Lipinski definition) is 4. The van der Waals surface area contributed by atoms with E-state index >= 15 is 0 Å².